The first kappa shape index (κ1) is 30.3. The number of hydrogen-bond donors (Lipinski definition) is 2. The number of esters is 1. The molecule has 2 N–H and O–H groups in total. The Labute approximate surface area is 232 Å². The van der Waals surface area contributed by atoms with E-state index in [0.29, 0.717) is 5.56 Å². The van der Waals surface area contributed by atoms with Crippen LogP contribution in [-0.2, 0) is 30.0 Å². The summed E-state index contributed by atoms with van der Waals surface area (Å²) in [6.45, 7) is 1.57. The van der Waals surface area contributed by atoms with Gasteiger partial charge >= 0.3 is 11.7 Å². The van der Waals surface area contributed by atoms with Crippen molar-refractivity contribution in [3.63, 3.8) is 0 Å². The Hall–Kier alpha value is -3.68. The number of rotatable bonds is 11. The second-order valence-electron chi connectivity index (χ2n) is 9.36. The molecule has 1 saturated heterocycles. The fraction of sp³-hybridized carbons (Fsp3) is 0.346. The zero-order valence-electron chi connectivity index (χ0n) is 21.9. The van der Waals surface area contributed by atoms with Crippen LogP contribution >= 0.6 is 8.18 Å². The largest absolute Gasteiger partial charge is 0.460 e. The van der Waals surface area contributed by atoms with E-state index in [1.54, 1.807) is 30.3 Å². The third kappa shape index (κ3) is 7.16. The summed E-state index contributed by atoms with van der Waals surface area (Å²) in [6, 6.07) is 13.1. The van der Waals surface area contributed by atoms with E-state index in [4.69, 9.17) is 18.8 Å². The van der Waals surface area contributed by atoms with E-state index in [1.807, 2.05) is 4.98 Å². The molecule has 12 nitrogen and oxygen atoms in total. The number of H-pyrrole nitrogens is 1. The van der Waals surface area contributed by atoms with E-state index in [9.17, 15) is 28.4 Å². The summed E-state index contributed by atoms with van der Waals surface area (Å²) in [6.07, 6.45) is -3.81. The summed E-state index contributed by atoms with van der Waals surface area (Å²) < 4.78 is 58.9. The Morgan fingerprint density at radius 1 is 1.20 bits per heavy atom. The fourth-order valence-corrected chi connectivity index (χ4v) is 5.04. The minimum atomic E-state index is -3.42. The maximum atomic E-state index is 15.5. The van der Waals surface area contributed by atoms with Crippen molar-refractivity contribution in [3.05, 3.63) is 99.1 Å². The molecule has 41 heavy (non-hydrogen) atoms. The normalized spacial score (nSPS) is 23.7. The van der Waals surface area contributed by atoms with Crippen LogP contribution in [-0.4, -0.2) is 56.0 Å². The van der Waals surface area contributed by atoms with Gasteiger partial charge in [0.15, 0.2) is 11.9 Å². The van der Waals surface area contributed by atoms with Gasteiger partial charge in [-0.3, -0.25) is 23.7 Å². The van der Waals surface area contributed by atoms with E-state index >= 15 is 4.39 Å². The van der Waals surface area contributed by atoms with Gasteiger partial charge < -0.3 is 23.9 Å². The molecule has 0 amide bonds. The van der Waals surface area contributed by atoms with E-state index < -0.39 is 68.0 Å². The first-order chi connectivity index (χ1) is 19.5. The number of ether oxygens (including phenoxy) is 2. The molecule has 1 aliphatic rings. The van der Waals surface area contributed by atoms with Gasteiger partial charge in [0, 0.05) is 12.3 Å². The van der Waals surface area contributed by atoms with Gasteiger partial charge in [-0.25, -0.2) is 13.6 Å². The minimum absolute atomic E-state index is 0.187. The third-order valence-corrected chi connectivity index (χ3v) is 7.56. The van der Waals surface area contributed by atoms with E-state index in [-0.39, 0.29) is 12.4 Å². The maximum absolute atomic E-state index is 15.5. The molecule has 0 aliphatic carbocycles. The standard InChI is InChI=1S/C26H28F2N3O9P/c1-16(23(34)37-14-17-8-10-18(27)11-9-17)31(40-19-6-4-3-5-7-19)41(36)38-15-20-22(33)26(2,28)24(39-20)30-13-12-21(32)29-25(30)35/h3-13,16,20,22,24,33,41H,14-15H2,1-2H3,(H,29,32,35)/t16?,20-,22-,24-,26-/m1/s1. The molecule has 1 aromatic heterocycles. The molecular weight excluding hydrogens is 567 g/mol. The zero-order chi connectivity index (χ0) is 29.7. The Balaban J connectivity index is 1.45. The molecule has 15 heteroatoms. The van der Waals surface area contributed by atoms with Gasteiger partial charge in [-0.1, -0.05) is 35.2 Å². The van der Waals surface area contributed by atoms with Crippen LogP contribution in [0.3, 0.4) is 0 Å². The molecule has 6 atom stereocenters. The molecule has 1 fully saturated rings. The fourth-order valence-electron chi connectivity index (χ4n) is 4.00. The van der Waals surface area contributed by atoms with Gasteiger partial charge in [0.05, 0.1) is 6.61 Å². The molecule has 0 radical (unpaired) electrons. The number of para-hydroxylation sites is 1. The molecule has 2 unspecified atom stereocenters. The van der Waals surface area contributed by atoms with Crippen molar-refractivity contribution in [1.82, 2.24) is 14.4 Å². The number of hydroxylamine groups is 1. The number of benzene rings is 2. The van der Waals surface area contributed by atoms with Crippen LogP contribution < -0.4 is 16.1 Å². The highest BCUT2D eigenvalue weighted by atomic mass is 31.1. The number of aliphatic hydroxyl groups is 1. The van der Waals surface area contributed by atoms with E-state index in [1.165, 1.54) is 31.2 Å². The topological polar surface area (TPSA) is 149 Å². The van der Waals surface area contributed by atoms with Crippen molar-refractivity contribution < 1.29 is 42.1 Å². The third-order valence-electron chi connectivity index (χ3n) is 6.31. The lowest BCUT2D eigenvalue weighted by Crippen LogP contribution is -2.43. The SMILES string of the molecule is CC(C(=O)OCc1ccc(F)cc1)N(Oc1ccccc1)[PH](=O)OC[C@H]1O[C@@H](n2ccc(=O)[nH]c2=O)[C@](C)(F)[C@@H]1O. The summed E-state index contributed by atoms with van der Waals surface area (Å²) in [4.78, 5) is 44.8. The van der Waals surface area contributed by atoms with Crippen molar-refractivity contribution >= 4 is 14.1 Å². The molecule has 2 heterocycles. The molecular formula is C26H28F2N3O9P. The first-order valence-electron chi connectivity index (χ1n) is 12.4. The Kier molecular flexibility index (Phi) is 9.51. The summed E-state index contributed by atoms with van der Waals surface area (Å²) >= 11 is 0. The van der Waals surface area contributed by atoms with E-state index in [2.05, 4.69) is 0 Å². The summed E-state index contributed by atoms with van der Waals surface area (Å²) in [5.74, 6) is -1.06. The highest BCUT2D eigenvalue weighted by Gasteiger charge is 2.55. The number of carbonyl (C=O) groups is 1. The Morgan fingerprint density at radius 2 is 1.88 bits per heavy atom. The van der Waals surface area contributed by atoms with Gasteiger partial charge in [-0.2, -0.15) is 0 Å². The second kappa shape index (κ2) is 12.9. The van der Waals surface area contributed by atoms with Gasteiger partial charge in [0.2, 0.25) is 0 Å². The number of nitrogens with one attached hydrogen (secondary N) is 1. The number of halogens is 2. The molecule has 2 aromatic carbocycles. The van der Waals surface area contributed by atoms with Crippen molar-refractivity contribution in [1.29, 1.82) is 0 Å². The lowest BCUT2D eigenvalue weighted by atomic mass is 9.98. The van der Waals surface area contributed by atoms with Crippen LogP contribution in [0.1, 0.15) is 25.6 Å². The van der Waals surface area contributed by atoms with Gasteiger partial charge in [0.25, 0.3) is 13.7 Å². The molecule has 220 valence electrons. The van der Waals surface area contributed by atoms with Crippen LogP contribution in [0.25, 0.3) is 0 Å². The molecule has 0 spiro atoms. The van der Waals surface area contributed by atoms with Crippen LogP contribution in [0.2, 0.25) is 0 Å². The van der Waals surface area contributed by atoms with Gasteiger partial charge in [-0.05, 0) is 43.7 Å². The minimum Gasteiger partial charge on any atom is -0.460 e. The van der Waals surface area contributed by atoms with Crippen molar-refractivity contribution in [2.24, 2.45) is 0 Å². The maximum Gasteiger partial charge on any atom is 0.330 e. The van der Waals surface area contributed by atoms with Crippen LogP contribution in [0.4, 0.5) is 8.78 Å². The summed E-state index contributed by atoms with van der Waals surface area (Å²) in [5.41, 5.74) is -3.63. The van der Waals surface area contributed by atoms with E-state index in [0.717, 1.165) is 28.6 Å². The highest BCUT2D eigenvalue weighted by Crippen LogP contribution is 2.42. The van der Waals surface area contributed by atoms with Crippen LogP contribution in [0.15, 0.2) is 76.4 Å². The smallest absolute Gasteiger partial charge is 0.330 e. The Morgan fingerprint density at radius 3 is 2.54 bits per heavy atom. The number of aromatic amines is 1. The number of hydrogen-bond acceptors (Lipinski definition) is 9. The molecule has 3 aromatic rings. The lowest BCUT2D eigenvalue weighted by Gasteiger charge is -2.27. The van der Waals surface area contributed by atoms with Crippen molar-refractivity contribution in [2.75, 3.05) is 6.61 Å². The number of nitrogens with zero attached hydrogens (tertiary/aromatic N) is 2. The molecule has 1 aliphatic heterocycles. The number of alkyl halides is 1. The summed E-state index contributed by atoms with van der Waals surface area (Å²) in [7, 11) is -3.42. The lowest BCUT2D eigenvalue weighted by molar-refractivity contribution is -0.156. The quantitative estimate of drug-likeness (QED) is 0.192. The zero-order valence-corrected chi connectivity index (χ0v) is 22.9. The van der Waals surface area contributed by atoms with Gasteiger partial charge in [-0.15, -0.1) is 0 Å². The van der Waals surface area contributed by atoms with Crippen molar-refractivity contribution in [3.8, 4) is 5.75 Å². The average molecular weight is 595 g/mol. The first-order valence-corrected chi connectivity index (χ1v) is 13.7. The second-order valence-corrected chi connectivity index (χ2v) is 10.6. The van der Waals surface area contributed by atoms with Gasteiger partial charge in [0.1, 0.15) is 36.4 Å². The predicted octanol–water partition coefficient (Wildman–Crippen LogP) is 2.50. The number of aromatic nitrogens is 2. The average Bonchev–Trinajstić information content (AvgIpc) is 3.17. The van der Waals surface area contributed by atoms with Crippen LogP contribution in [0, 0.1) is 5.82 Å². The number of carbonyl (C=O) groups excluding carboxylic acids is 1. The Bertz CT molecular complexity index is 1480. The highest BCUT2D eigenvalue weighted by molar-refractivity contribution is 7.36. The number of aliphatic hydroxyl groups excluding tert-OH is 1. The molecule has 4 rings (SSSR count). The molecule has 0 bridgehead atoms. The van der Waals surface area contributed by atoms with Crippen molar-refractivity contribution in [2.45, 2.75) is 50.6 Å². The monoisotopic (exact) mass is 595 g/mol. The molecule has 0 saturated carbocycles. The predicted molar refractivity (Wildman–Crippen MR) is 140 cm³/mol. The van der Waals surface area contributed by atoms with Crippen LogP contribution in [0.5, 0.6) is 5.75 Å². The summed E-state index contributed by atoms with van der Waals surface area (Å²) in [5, 5.41) is 10.6.